The molecule has 2 aliphatic rings. The summed E-state index contributed by atoms with van der Waals surface area (Å²) in [6, 6.07) is 91.0. The molecule has 1 spiro atoms. The number of nitrogens with zero attached hydrogens (tertiary/aromatic N) is 6. The lowest BCUT2D eigenvalue weighted by molar-refractivity contribution is 1.10. The van der Waals surface area contributed by atoms with Gasteiger partial charge in [-0.05, 0) is 139 Å². The maximum Gasteiger partial charge on any atom is 0.220 e. The van der Waals surface area contributed by atoms with E-state index < -0.39 is 29.9 Å². The molecule has 0 saturated carbocycles. The fourth-order valence-corrected chi connectivity index (χ4v) is 28.5. The number of aryl methyl sites for hydroxylation is 2. The van der Waals surface area contributed by atoms with Crippen molar-refractivity contribution in [3.05, 3.63) is 266 Å². The first kappa shape index (κ1) is 40.3. The van der Waals surface area contributed by atoms with Gasteiger partial charge in [-0.15, -0.1) is 0 Å². The van der Waals surface area contributed by atoms with Gasteiger partial charge in [-0.3, -0.25) is 17.9 Å². The summed E-state index contributed by atoms with van der Waals surface area (Å²) in [6.45, 7) is -5.00. The Labute approximate surface area is 480 Å². The van der Waals surface area contributed by atoms with Crippen LogP contribution >= 0.6 is 23.5 Å². The Kier molecular flexibility index (Phi) is 8.71. The number of benzene rings is 11. The van der Waals surface area contributed by atoms with Crippen molar-refractivity contribution in [1.29, 1.82) is 0 Å². The van der Waals surface area contributed by atoms with Gasteiger partial charge in [0.2, 0.25) is 11.6 Å². The number of hydrogen-bond donors (Lipinski definition) is 0. The summed E-state index contributed by atoms with van der Waals surface area (Å²) in [7, 11) is -6.36. The van der Waals surface area contributed by atoms with Gasteiger partial charge in [0.25, 0.3) is 0 Å². The number of hydrogen-bond acceptors (Lipinski definition) is 4. The number of fused-ring (bicyclic) bond motifs is 18. The first-order valence-corrected chi connectivity index (χ1v) is 32.4. The van der Waals surface area contributed by atoms with E-state index in [0.29, 0.717) is 39.3 Å². The van der Waals surface area contributed by atoms with Crippen molar-refractivity contribution >= 4 is 137 Å². The number of aromatic nitrogens is 6. The predicted octanol–water partition coefficient (Wildman–Crippen LogP) is 11.5. The van der Waals surface area contributed by atoms with Crippen LogP contribution in [0.4, 0.5) is 0 Å². The molecule has 6 nitrogen and oxygen atoms in total. The lowest BCUT2D eigenvalue weighted by Crippen LogP contribution is -2.80. The van der Waals surface area contributed by atoms with Crippen LogP contribution in [0.5, 0.6) is 0 Å². The van der Waals surface area contributed by atoms with Gasteiger partial charge in [0.15, 0.2) is 16.1 Å². The van der Waals surface area contributed by atoms with E-state index in [1.807, 2.05) is 81.0 Å². The summed E-state index contributed by atoms with van der Waals surface area (Å²) in [5.41, 5.74) is 6.98. The third-order valence-corrected chi connectivity index (χ3v) is 29.9. The van der Waals surface area contributed by atoms with Crippen LogP contribution in [-0.4, -0.2) is 44.1 Å². The monoisotopic (exact) mass is 1100 g/mol. The fraction of sp³-hybridized carbons (Fsp3) is 0.0286. The van der Waals surface area contributed by atoms with E-state index in [4.69, 9.17) is 18.2 Å². The molecule has 0 N–H and O–H groups in total. The zero-order valence-corrected chi connectivity index (χ0v) is 46.4. The molecule has 11 aromatic carbocycles. The smallest absolute Gasteiger partial charge is 0.220 e. The van der Waals surface area contributed by atoms with Crippen LogP contribution in [-0.2, 0) is 0 Å². The third-order valence-electron chi connectivity index (χ3n) is 16.9. The molecule has 0 atom stereocenters. The van der Waals surface area contributed by atoms with Gasteiger partial charge in [0, 0.05) is 33.5 Å². The molecule has 15 aromatic rings. The maximum absolute atomic E-state index is 9.17. The van der Waals surface area contributed by atoms with Crippen LogP contribution in [0.1, 0.15) is 19.4 Å². The Morgan fingerprint density at radius 1 is 0.375 bits per heavy atom. The summed E-state index contributed by atoms with van der Waals surface area (Å²) >= 11 is 3.81. The molecule has 6 heterocycles. The molecule has 10 heteroatoms. The van der Waals surface area contributed by atoms with Crippen LogP contribution in [0.3, 0.4) is 0 Å². The molecule has 0 unspecified atom stereocenters. The second-order valence-corrected chi connectivity index (χ2v) is 30.4. The van der Waals surface area contributed by atoms with E-state index in [2.05, 4.69) is 197 Å². The zero-order valence-electron chi connectivity index (χ0n) is 48.7. The number of rotatable bonds is 6. The van der Waals surface area contributed by atoms with Gasteiger partial charge in [0.1, 0.15) is 0 Å². The topological polar surface area (TPSA) is 44.5 Å². The number of imidazole rings is 4. The first-order chi connectivity index (χ1) is 41.9. The van der Waals surface area contributed by atoms with E-state index in [1.165, 1.54) is 61.1 Å². The Morgan fingerprint density at radius 3 is 1.48 bits per heavy atom. The van der Waals surface area contributed by atoms with E-state index in [9.17, 15) is 0 Å². The highest BCUT2D eigenvalue weighted by Crippen LogP contribution is 2.40. The normalized spacial score (nSPS) is 15.1. The molecule has 378 valence electrons. The Hall–Kier alpha value is -8.91. The quantitative estimate of drug-likeness (QED) is 0.123. The van der Waals surface area contributed by atoms with Crippen molar-refractivity contribution in [1.82, 2.24) is 27.9 Å². The largest absolute Gasteiger partial charge is 0.278 e. The first-order valence-electron chi connectivity index (χ1n) is 29.8. The highest BCUT2D eigenvalue weighted by molar-refractivity contribution is 8.01. The van der Waals surface area contributed by atoms with Gasteiger partial charge in [-0.2, -0.15) is 0 Å². The van der Waals surface area contributed by atoms with Gasteiger partial charge in [-0.1, -0.05) is 206 Å². The third kappa shape index (κ3) is 6.16. The standard InChI is InChI=1S/C70H48N6S2Si2/c1-45-22-19-33-56-66(45)71-70-74(53-30-10-11-31-54(53)75(56)70)48-42-46(2)67-57(44-48)76-55-32-12-9-29-52(55)73(69(76)72-67)47-23-20-28-51(43-47)79(49-24-5-3-6-25-49,50-26-7-4-8-27-50)64-40-21-41-65-68(64)78-60-36-15-18-39-63(60)80(65)61-37-16-13-34-58(61)77-59-35-14-17-38-62(59)80/h3-44H,1-2H3/i1D3,2D3. The van der Waals surface area contributed by atoms with Crippen molar-refractivity contribution in [3.63, 3.8) is 0 Å². The molecular weight excluding hydrogens is 1050 g/mol. The van der Waals surface area contributed by atoms with Gasteiger partial charge in [0.05, 0.1) is 49.8 Å². The van der Waals surface area contributed by atoms with Crippen LogP contribution in [0, 0.1) is 13.7 Å². The second kappa shape index (κ2) is 17.3. The summed E-state index contributed by atoms with van der Waals surface area (Å²) < 4.78 is 61.0. The minimum atomic E-state index is -3.38. The second-order valence-electron chi connectivity index (χ2n) is 20.8. The molecular formula is C70H48N6S2Si2. The van der Waals surface area contributed by atoms with Gasteiger partial charge >= 0.3 is 0 Å². The Morgan fingerprint density at radius 2 is 0.850 bits per heavy atom. The highest BCUT2D eigenvalue weighted by Gasteiger charge is 2.53. The van der Waals surface area contributed by atoms with E-state index in [0.717, 1.165) is 27.8 Å². The van der Waals surface area contributed by atoms with E-state index in [1.54, 1.807) is 18.2 Å². The molecule has 0 fully saturated rings. The van der Waals surface area contributed by atoms with Crippen LogP contribution in [0.15, 0.2) is 274 Å². The summed E-state index contributed by atoms with van der Waals surface area (Å²) in [5, 5.41) is 10.7. The molecule has 17 rings (SSSR count). The highest BCUT2D eigenvalue weighted by atomic mass is 32.2. The van der Waals surface area contributed by atoms with Crippen molar-refractivity contribution < 1.29 is 8.22 Å². The summed E-state index contributed by atoms with van der Waals surface area (Å²) in [5.74, 6) is 1.03. The van der Waals surface area contributed by atoms with Crippen molar-refractivity contribution in [2.75, 3.05) is 0 Å². The molecule has 2 aliphatic heterocycles. The average molecular weight is 1100 g/mol. The Bertz CT molecular complexity index is 5220. The van der Waals surface area contributed by atoms with Crippen molar-refractivity contribution in [3.8, 4) is 11.4 Å². The van der Waals surface area contributed by atoms with Crippen LogP contribution in [0.2, 0.25) is 0 Å². The number of para-hydroxylation sites is 5. The average Bonchev–Trinajstić information content (AvgIpc) is 1.58. The molecule has 0 aliphatic carbocycles. The molecule has 0 amide bonds. The molecule has 80 heavy (non-hydrogen) atoms. The minimum Gasteiger partial charge on any atom is -0.278 e. The summed E-state index contributed by atoms with van der Waals surface area (Å²) in [6.07, 6.45) is 0. The molecule has 0 radical (unpaired) electrons. The lowest BCUT2D eigenvalue weighted by atomic mass is 10.1. The van der Waals surface area contributed by atoms with E-state index in [-0.39, 0.29) is 11.1 Å². The maximum atomic E-state index is 9.17. The van der Waals surface area contributed by atoms with Crippen LogP contribution < -0.4 is 41.5 Å². The Balaban J connectivity index is 0.938. The fourth-order valence-electron chi connectivity index (χ4n) is 13.7. The SMILES string of the molecule is [2H]C([2H])([2H])c1cccc2c1nc1n(-c3cc(C([2H])([2H])[2H])c4nc5n(-c6cccc([Si](c7ccccc7)(c7ccccc7)c7cccc8c7Sc7ccccc7[Si]87c8ccccc8Sc8ccccc87)c6)c6ccccc6n5c4c3)c3ccccc3n21. The molecule has 0 bridgehead atoms. The van der Waals surface area contributed by atoms with Gasteiger partial charge in [-0.25, -0.2) is 9.97 Å². The predicted molar refractivity (Wildman–Crippen MR) is 338 cm³/mol. The summed E-state index contributed by atoms with van der Waals surface area (Å²) in [4.78, 5) is 15.7. The van der Waals surface area contributed by atoms with E-state index >= 15 is 0 Å². The lowest BCUT2D eigenvalue weighted by Gasteiger charge is -2.45. The van der Waals surface area contributed by atoms with Crippen molar-refractivity contribution in [2.45, 2.75) is 33.3 Å². The zero-order chi connectivity index (χ0) is 57.8. The van der Waals surface area contributed by atoms with Gasteiger partial charge < -0.3 is 0 Å². The minimum absolute atomic E-state index is 0.0870. The van der Waals surface area contributed by atoms with Crippen LogP contribution in [0.25, 0.3) is 67.1 Å². The molecule has 4 aromatic heterocycles. The van der Waals surface area contributed by atoms with Crippen molar-refractivity contribution in [2.24, 2.45) is 0 Å². The molecule has 0 saturated heterocycles.